The Bertz CT molecular complexity index is 579. The predicted octanol–water partition coefficient (Wildman–Crippen LogP) is 2.75. The van der Waals surface area contributed by atoms with Crippen LogP contribution in [-0.4, -0.2) is 71.1 Å². The van der Waals surface area contributed by atoms with E-state index in [4.69, 9.17) is 5.11 Å². The second-order valence-corrected chi connectivity index (χ2v) is 10.3. The molecule has 1 amide bonds. The minimum absolute atomic E-state index is 0. The van der Waals surface area contributed by atoms with E-state index in [-0.39, 0.29) is 36.4 Å². The zero-order chi connectivity index (χ0) is 19.9. The molecule has 5 rings (SSSR count). The third-order valence-electron chi connectivity index (χ3n) is 8.09. The normalized spacial score (nSPS) is 37.6. The van der Waals surface area contributed by atoms with Crippen molar-refractivity contribution in [3.05, 3.63) is 0 Å². The maximum atomic E-state index is 13.2. The molecule has 0 radical (unpaired) electrons. The number of carboxylic acid groups (broad SMARTS) is 1. The summed E-state index contributed by atoms with van der Waals surface area (Å²) in [5.41, 5.74) is 0.0795. The van der Waals surface area contributed by atoms with E-state index >= 15 is 0 Å². The summed E-state index contributed by atoms with van der Waals surface area (Å²) >= 11 is 0. The van der Waals surface area contributed by atoms with Crippen LogP contribution in [0.15, 0.2) is 0 Å². The number of nitrogens with zero attached hydrogens (tertiary/aromatic N) is 2. The van der Waals surface area contributed by atoms with Gasteiger partial charge in [0.05, 0.1) is 12.6 Å². The zero-order valence-corrected chi connectivity index (χ0v) is 18.8. The van der Waals surface area contributed by atoms with Gasteiger partial charge >= 0.3 is 5.97 Å². The van der Waals surface area contributed by atoms with E-state index in [9.17, 15) is 9.59 Å². The van der Waals surface area contributed by atoms with Gasteiger partial charge in [-0.2, -0.15) is 0 Å². The molecule has 166 valence electrons. The van der Waals surface area contributed by atoms with Crippen molar-refractivity contribution in [2.45, 2.75) is 82.3 Å². The molecule has 0 spiro atoms. The minimum atomic E-state index is -0.771. The van der Waals surface area contributed by atoms with Gasteiger partial charge in [-0.05, 0) is 96.1 Å². The molecule has 2 atom stereocenters. The van der Waals surface area contributed by atoms with Gasteiger partial charge < -0.3 is 10.4 Å². The topological polar surface area (TPSA) is 72.9 Å². The number of hydrogen-bond acceptors (Lipinski definition) is 4. The highest BCUT2D eigenvalue weighted by atomic mass is 35.5. The molecule has 4 saturated carbocycles. The first-order valence-electron chi connectivity index (χ1n) is 11.3. The summed E-state index contributed by atoms with van der Waals surface area (Å²) in [6.07, 6.45) is 10.7. The molecule has 1 saturated heterocycles. The van der Waals surface area contributed by atoms with Crippen molar-refractivity contribution < 1.29 is 14.7 Å². The average Bonchev–Trinajstić information content (AvgIpc) is 2.85. The van der Waals surface area contributed by atoms with Crippen LogP contribution in [0.2, 0.25) is 0 Å². The molecule has 5 aliphatic rings. The fourth-order valence-corrected chi connectivity index (χ4v) is 7.07. The Morgan fingerprint density at radius 3 is 2.24 bits per heavy atom. The number of carbonyl (C=O) groups is 2. The Morgan fingerprint density at radius 2 is 1.69 bits per heavy atom. The van der Waals surface area contributed by atoms with E-state index in [0.717, 1.165) is 50.1 Å². The van der Waals surface area contributed by atoms with Crippen molar-refractivity contribution in [1.82, 2.24) is 15.1 Å². The van der Waals surface area contributed by atoms with Crippen LogP contribution in [0.5, 0.6) is 0 Å². The standard InChI is InChI=1S/C22H37N3O3.ClH/c1-15(25-6-3-4-19(5-7-25)24(2)14-20(26)27)21(28)23-22-11-16-8-17(12-22)10-18(9-16)13-22;/h15-19H,3-14H2,1-2H3,(H,23,28)(H,26,27);1H. The first-order valence-corrected chi connectivity index (χ1v) is 11.3. The van der Waals surface area contributed by atoms with Crippen LogP contribution in [0.25, 0.3) is 0 Å². The Kier molecular flexibility index (Phi) is 7.17. The summed E-state index contributed by atoms with van der Waals surface area (Å²) < 4.78 is 0. The van der Waals surface area contributed by atoms with Crippen LogP contribution in [0.1, 0.15) is 64.7 Å². The molecule has 2 N–H and O–H groups in total. The molecule has 4 bridgehead atoms. The van der Waals surface area contributed by atoms with Gasteiger partial charge in [0.1, 0.15) is 0 Å². The Labute approximate surface area is 181 Å². The zero-order valence-electron chi connectivity index (χ0n) is 17.9. The highest BCUT2D eigenvalue weighted by Gasteiger charge is 2.51. The van der Waals surface area contributed by atoms with E-state index in [2.05, 4.69) is 17.1 Å². The smallest absolute Gasteiger partial charge is 0.317 e. The number of carboxylic acids is 1. The number of amides is 1. The van der Waals surface area contributed by atoms with Crippen molar-refractivity contribution >= 4 is 24.3 Å². The van der Waals surface area contributed by atoms with Crippen LogP contribution < -0.4 is 5.32 Å². The molecule has 2 unspecified atom stereocenters. The van der Waals surface area contributed by atoms with Crippen LogP contribution in [0, 0.1) is 17.8 Å². The maximum Gasteiger partial charge on any atom is 0.317 e. The molecule has 0 aromatic rings. The van der Waals surface area contributed by atoms with Crippen LogP contribution >= 0.6 is 12.4 Å². The lowest BCUT2D eigenvalue weighted by Gasteiger charge is -2.57. The molecule has 5 fully saturated rings. The van der Waals surface area contributed by atoms with Crippen LogP contribution in [0.3, 0.4) is 0 Å². The van der Waals surface area contributed by atoms with Crippen LogP contribution in [0.4, 0.5) is 0 Å². The largest absolute Gasteiger partial charge is 0.480 e. The number of aliphatic carboxylic acids is 1. The van der Waals surface area contributed by atoms with E-state index in [0.29, 0.717) is 6.04 Å². The highest BCUT2D eigenvalue weighted by Crippen LogP contribution is 2.55. The predicted molar refractivity (Wildman–Crippen MR) is 115 cm³/mol. The third-order valence-corrected chi connectivity index (χ3v) is 8.09. The Morgan fingerprint density at radius 1 is 1.10 bits per heavy atom. The van der Waals surface area contributed by atoms with E-state index in [1.807, 2.05) is 11.9 Å². The van der Waals surface area contributed by atoms with Crippen molar-refractivity contribution in [2.24, 2.45) is 17.8 Å². The third kappa shape index (κ3) is 5.08. The number of rotatable bonds is 6. The number of hydrogen-bond donors (Lipinski definition) is 2. The number of carbonyl (C=O) groups excluding carboxylic acids is 1. The lowest BCUT2D eigenvalue weighted by Crippen LogP contribution is -2.62. The SMILES string of the molecule is CC(C(=O)NC12CC3CC(CC(C3)C1)C2)N1CCCC(N(C)CC(=O)O)CC1.Cl. The van der Waals surface area contributed by atoms with Gasteiger partial charge in [0.25, 0.3) is 0 Å². The van der Waals surface area contributed by atoms with Gasteiger partial charge in [-0.15, -0.1) is 12.4 Å². The van der Waals surface area contributed by atoms with Gasteiger partial charge in [-0.1, -0.05) is 0 Å². The highest BCUT2D eigenvalue weighted by molar-refractivity contribution is 5.85. The van der Waals surface area contributed by atoms with E-state index in [1.54, 1.807) is 0 Å². The van der Waals surface area contributed by atoms with Crippen molar-refractivity contribution in [1.29, 1.82) is 0 Å². The molecular weight excluding hydrogens is 390 g/mol. The summed E-state index contributed by atoms with van der Waals surface area (Å²) in [5.74, 6) is 1.95. The summed E-state index contributed by atoms with van der Waals surface area (Å²) in [6.45, 7) is 3.93. The number of nitrogens with one attached hydrogen (secondary N) is 1. The number of likely N-dealkylation sites (tertiary alicyclic amines) is 1. The minimum Gasteiger partial charge on any atom is -0.480 e. The first-order chi connectivity index (χ1) is 13.3. The molecule has 6 nitrogen and oxygen atoms in total. The molecular formula is C22H38ClN3O3. The van der Waals surface area contributed by atoms with Gasteiger partial charge in [-0.3, -0.25) is 19.4 Å². The van der Waals surface area contributed by atoms with Gasteiger partial charge in [0.2, 0.25) is 5.91 Å². The average molecular weight is 428 g/mol. The summed E-state index contributed by atoms with van der Waals surface area (Å²) in [6, 6.07) is 0.191. The van der Waals surface area contributed by atoms with Crippen molar-refractivity contribution in [2.75, 3.05) is 26.7 Å². The van der Waals surface area contributed by atoms with E-state index < -0.39 is 5.97 Å². The molecule has 0 aromatic heterocycles. The second kappa shape index (κ2) is 9.11. The fourth-order valence-electron chi connectivity index (χ4n) is 7.07. The lowest BCUT2D eigenvalue weighted by molar-refractivity contribution is -0.138. The molecule has 4 aliphatic carbocycles. The van der Waals surface area contributed by atoms with Gasteiger partial charge in [0.15, 0.2) is 0 Å². The van der Waals surface area contributed by atoms with Gasteiger partial charge in [-0.25, -0.2) is 0 Å². The fraction of sp³-hybridized carbons (Fsp3) is 0.909. The lowest BCUT2D eigenvalue weighted by atomic mass is 9.53. The quantitative estimate of drug-likeness (QED) is 0.681. The number of halogens is 1. The molecule has 29 heavy (non-hydrogen) atoms. The first kappa shape index (κ1) is 22.8. The second-order valence-electron chi connectivity index (χ2n) is 10.3. The van der Waals surface area contributed by atoms with Gasteiger partial charge in [0, 0.05) is 18.1 Å². The van der Waals surface area contributed by atoms with Crippen molar-refractivity contribution in [3.63, 3.8) is 0 Å². The van der Waals surface area contributed by atoms with Crippen molar-refractivity contribution in [3.8, 4) is 0 Å². The van der Waals surface area contributed by atoms with Crippen LogP contribution in [-0.2, 0) is 9.59 Å². The Hall–Kier alpha value is -0.850. The Balaban J connectivity index is 0.00000240. The number of likely N-dealkylation sites (N-methyl/N-ethyl adjacent to an activating group) is 1. The van der Waals surface area contributed by atoms with E-state index in [1.165, 1.54) is 38.5 Å². The molecule has 0 aromatic carbocycles. The summed E-state index contributed by atoms with van der Waals surface area (Å²) in [7, 11) is 1.90. The molecule has 1 heterocycles. The summed E-state index contributed by atoms with van der Waals surface area (Å²) in [4.78, 5) is 28.4. The molecule has 7 heteroatoms. The monoisotopic (exact) mass is 427 g/mol. The maximum absolute atomic E-state index is 13.2. The molecule has 1 aliphatic heterocycles. The summed E-state index contributed by atoms with van der Waals surface area (Å²) in [5, 5.41) is 12.6.